The molecular weight excluding hydrogens is 306 g/mol. The lowest BCUT2D eigenvalue weighted by molar-refractivity contribution is -0.140. The predicted molar refractivity (Wildman–Crippen MR) is 94.4 cm³/mol. The van der Waals surface area contributed by atoms with Crippen LogP contribution < -0.4 is 10.6 Å². The number of Topliss-reactive ketones (excluding diaryl/α,β-unsaturated/α-hetero) is 1. The van der Waals surface area contributed by atoms with E-state index in [1.54, 1.807) is 0 Å². The molecule has 1 aliphatic heterocycles. The first-order valence-electron chi connectivity index (χ1n) is 8.75. The molecule has 2 N–H and O–H groups in total. The summed E-state index contributed by atoms with van der Waals surface area (Å²) in [4.78, 5) is 38.8. The molecule has 136 valence electrons. The van der Waals surface area contributed by atoms with Gasteiger partial charge in [0.2, 0.25) is 11.7 Å². The van der Waals surface area contributed by atoms with E-state index in [1.165, 1.54) is 6.08 Å². The SMILES string of the molecule is C=CCNC(=O)C(=O)C(CCC)NC(=O)C1CC(C(C)C)CN1C. The Morgan fingerprint density at radius 3 is 2.50 bits per heavy atom. The summed E-state index contributed by atoms with van der Waals surface area (Å²) in [6, 6.07) is -1.00. The van der Waals surface area contributed by atoms with Gasteiger partial charge in [0.15, 0.2) is 0 Å². The second-order valence-corrected chi connectivity index (χ2v) is 6.91. The Hall–Kier alpha value is -1.69. The predicted octanol–water partition coefficient (Wildman–Crippen LogP) is 1.12. The van der Waals surface area contributed by atoms with Crippen molar-refractivity contribution in [2.24, 2.45) is 11.8 Å². The molecule has 0 spiro atoms. The van der Waals surface area contributed by atoms with Gasteiger partial charge < -0.3 is 10.6 Å². The Kier molecular flexibility index (Phi) is 8.11. The van der Waals surface area contributed by atoms with Crippen LogP contribution in [0.3, 0.4) is 0 Å². The Morgan fingerprint density at radius 1 is 1.33 bits per heavy atom. The van der Waals surface area contributed by atoms with Crippen LogP contribution in [-0.4, -0.2) is 54.7 Å². The second kappa shape index (κ2) is 9.57. The van der Waals surface area contributed by atoms with Crippen molar-refractivity contribution in [2.45, 2.75) is 52.1 Å². The van der Waals surface area contributed by atoms with Crippen LogP contribution in [0, 0.1) is 11.8 Å². The topological polar surface area (TPSA) is 78.5 Å². The minimum atomic E-state index is -0.765. The minimum Gasteiger partial charge on any atom is -0.346 e. The maximum atomic E-state index is 12.6. The molecule has 1 heterocycles. The monoisotopic (exact) mass is 337 g/mol. The molecule has 1 rings (SSSR count). The minimum absolute atomic E-state index is 0.163. The lowest BCUT2D eigenvalue weighted by Gasteiger charge is -2.22. The fourth-order valence-electron chi connectivity index (χ4n) is 3.06. The molecule has 0 aromatic heterocycles. The highest BCUT2D eigenvalue weighted by molar-refractivity contribution is 6.38. The van der Waals surface area contributed by atoms with Gasteiger partial charge in [-0.15, -0.1) is 6.58 Å². The van der Waals surface area contributed by atoms with Crippen molar-refractivity contribution < 1.29 is 14.4 Å². The maximum Gasteiger partial charge on any atom is 0.289 e. The van der Waals surface area contributed by atoms with Crippen LogP contribution in [0.5, 0.6) is 0 Å². The molecule has 0 bridgehead atoms. The normalized spacial score (nSPS) is 22.2. The lowest BCUT2D eigenvalue weighted by atomic mass is 9.93. The summed E-state index contributed by atoms with van der Waals surface area (Å²) in [7, 11) is 1.93. The number of likely N-dealkylation sites (N-methyl/N-ethyl adjacent to an activating group) is 1. The fourth-order valence-corrected chi connectivity index (χ4v) is 3.06. The smallest absolute Gasteiger partial charge is 0.289 e. The highest BCUT2D eigenvalue weighted by Crippen LogP contribution is 2.27. The zero-order valence-electron chi connectivity index (χ0n) is 15.3. The van der Waals surface area contributed by atoms with E-state index in [0.717, 1.165) is 13.0 Å². The van der Waals surface area contributed by atoms with Gasteiger partial charge in [-0.1, -0.05) is 33.3 Å². The first-order valence-corrected chi connectivity index (χ1v) is 8.75. The Balaban J connectivity index is 2.70. The summed E-state index contributed by atoms with van der Waals surface area (Å²) in [5, 5.41) is 5.27. The van der Waals surface area contributed by atoms with E-state index in [9.17, 15) is 14.4 Å². The summed E-state index contributed by atoms with van der Waals surface area (Å²) in [6.45, 7) is 10.9. The van der Waals surface area contributed by atoms with E-state index in [0.29, 0.717) is 24.7 Å². The van der Waals surface area contributed by atoms with Crippen LogP contribution in [0.25, 0.3) is 0 Å². The molecule has 3 atom stereocenters. The second-order valence-electron chi connectivity index (χ2n) is 6.91. The Morgan fingerprint density at radius 2 is 2.00 bits per heavy atom. The largest absolute Gasteiger partial charge is 0.346 e. The number of likely N-dealkylation sites (tertiary alicyclic amines) is 1. The van der Waals surface area contributed by atoms with Crippen molar-refractivity contribution in [3.8, 4) is 0 Å². The summed E-state index contributed by atoms with van der Waals surface area (Å²) >= 11 is 0. The number of carbonyl (C=O) groups is 3. The molecule has 0 radical (unpaired) electrons. The van der Waals surface area contributed by atoms with Crippen molar-refractivity contribution in [3.05, 3.63) is 12.7 Å². The van der Waals surface area contributed by atoms with E-state index in [1.807, 2.05) is 18.9 Å². The molecule has 6 heteroatoms. The average Bonchev–Trinajstić information content (AvgIpc) is 2.93. The number of hydrogen-bond donors (Lipinski definition) is 2. The maximum absolute atomic E-state index is 12.6. The molecule has 3 unspecified atom stereocenters. The van der Waals surface area contributed by atoms with Gasteiger partial charge in [0.1, 0.15) is 0 Å². The third-order valence-electron chi connectivity index (χ3n) is 4.67. The van der Waals surface area contributed by atoms with Crippen molar-refractivity contribution in [3.63, 3.8) is 0 Å². The lowest BCUT2D eigenvalue weighted by Crippen LogP contribution is -2.51. The van der Waals surface area contributed by atoms with E-state index in [2.05, 4.69) is 31.1 Å². The zero-order valence-corrected chi connectivity index (χ0v) is 15.3. The average molecular weight is 337 g/mol. The molecule has 0 aliphatic carbocycles. The molecule has 1 fully saturated rings. The number of ketones is 1. The third kappa shape index (κ3) is 5.44. The summed E-state index contributed by atoms with van der Waals surface area (Å²) in [6.07, 6.45) is 3.46. The first-order chi connectivity index (χ1) is 11.3. The standard InChI is InChI=1S/C18H31N3O3/c1-6-8-14(16(22)18(24)19-9-7-2)20-17(23)15-10-13(12(3)4)11-21(15)5/h7,12-15H,2,6,8-11H2,1,3-5H3,(H,19,24)(H,20,23). The van der Waals surface area contributed by atoms with Crippen LogP contribution in [0.4, 0.5) is 0 Å². The first kappa shape index (κ1) is 20.4. The number of carbonyl (C=O) groups excluding carboxylic acids is 3. The van der Waals surface area contributed by atoms with Crippen LogP contribution in [0.2, 0.25) is 0 Å². The van der Waals surface area contributed by atoms with Crippen molar-refractivity contribution >= 4 is 17.6 Å². The number of hydrogen-bond acceptors (Lipinski definition) is 4. The molecule has 1 aliphatic rings. The van der Waals surface area contributed by atoms with E-state index < -0.39 is 17.7 Å². The van der Waals surface area contributed by atoms with Gasteiger partial charge in [-0.05, 0) is 31.7 Å². The number of rotatable bonds is 9. The van der Waals surface area contributed by atoms with E-state index >= 15 is 0 Å². The van der Waals surface area contributed by atoms with Gasteiger partial charge in [-0.3, -0.25) is 19.3 Å². The third-order valence-corrected chi connectivity index (χ3v) is 4.67. The molecule has 6 nitrogen and oxygen atoms in total. The van der Waals surface area contributed by atoms with Crippen LogP contribution in [0.15, 0.2) is 12.7 Å². The quantitative estimate of drug-likeness (QED) is 0.488. The Labute approximate surface area is 145 Å². The van der Waals surface area contributed by atoms with Crippen LogP contribution in [0.1, 0.15) is 40.0 Å². The highest BCUT2D eigenvalue weighted by atomic mass is 16.2. The molecule has 24 heavy (non-hydrogen) atoms. The fraction of sp³-hybridized carbons (Fsp3) is 0.722. The van der Waals surface area contributed by atoms with E-state index in [4.69, 9.17) is 0 Å². The van der Waals surface area contributed by atoms with Gasteiger partial charge in [0, 0.05) is 13.1 Å². The summed E-state index contributed by atoms with van der Waals surface area (Å²) in [5.74, 6) is -0.435. The molecule has 0 saturated carbocycles. The molecular formula is C18H31N3O3. The summed E-state index contributed by atoms with van der Waals surface area (Å²) < 4.78 is 0. The van der Waals surface area contributed by atoms with Crippen molar-refractivity contribution in [1.29, 1.82) is 0 Å². The molecule has 0 aromatic carbocycles. The highest BCUT2D eigenvalue weighted by Gasteiger charge is 2.37. The van der Waals surface area contributed by atoms with Gasteiger partial charge in [0.25, 0.3) is 5.91 Å². The molecule has 0 aromatic rings. The van der Waals surface area contributed by atoms with Gasteiger partial charge in [-0.2, -0.15) is 0 Å². The van der Waals surface area contributed by atoms with Crippen molar-refractivity contribution in [1.82, 2.24) is 15.5 Å². The molecule has 1 saturated heterocycles. The molecule has 2 amide bonds. The van der Waals surface area contributed by atoms with Gasteiger partial charge in [-0.25, -0.2) is 0 Å². The van der Waals surface area contributed by atoms with Crippen molar-refractivity contribution in [2.75, 3.05) is 20.1 Å². The summed E-state index contributed by atoms with van der Waals surface area (Å²) in [5.41, 5.74) is 0. The Bertz CT molecular complexity index is 476. The number of nitrogens with zero attached hydrogens (tertiary/aromatic N) is 1. The number of amides is 2. The van der Waals surface area contributed by atoms with Crippen LogP contribution >= 0.6 is 0 Å². The van der Waals surface area contributed by atoms with Crippen LogP contribution in [-0.2, 0) is 14.4 Å². The van der Waals surface area contributed by atoms with Gasteiger partial charge in [0.05, 0.1) is 12.1 Å². The van der Waals surface area contributed by atoms with E-state index in [-0.39, 0.29) is 18.5 Å². The number of nitrogens with one attached hydrogen (secondary N) is 2. The zero-order chi connectivity index (χ0) is 18.3. The van der Waals surface area contributed by atoms with Gasteiger partial charge >= 0.3 is 0 Å².